The molecule has 1 N–H and O–H groups in total. The van der Waals surface area contributed by atoms with Crippen molar-refractivity contribution in [1.82, 2.24) is 0 Å². The molecule has 4 aromatic rings. The van der Waals surface area contributed by atoms with E-state index in [1.807, 2.05) is 0 Å². The van der Waals surface area contributed by atoms with Crippen LogP contribution in [0.2, 0.25) is 0 Å². The van der Waals surface area contributed by atoms with Gasteiger partial charge < -0.3 is 8.39 Å². The number of aryl methyl sites for hydroxylation is 4. The predicted molar refractivity (Wildman–Crippen MR) is 185 cm³/mol. The fraction of sp³-hybridized carbons (Fsp3) is 0.526. The van der Waals surface area contributed by atoms with Gasteiger partial charge in [0.25, 0.3) is 0 Å². The number of anilines is 1. The Kier molecular flexibility index (Phi) is 8.55. The molecular formula is C38H54NO2P. The van der Waals surface area contributed by atoms with E-state index in [-0.39, 0.29) is 21.7 Å². The standard InChI is InChI=1S/C38H54NO2P/c1-24-18-28-29-19-25(2)21-31(38(13,14)23-36(8,9)10)34(29)41-42(39-32-26(3)16-15-17-27(32)4)40-33(28)30(20-24)37(11,12)22-35(5,6)7/h15-21,39H,22-23H2,1-14H3. The van der Waals surface area contributed by atoms with Gasteiger partial charge in [-0.3, -0.25) is 5.09 Å². The smallest absolute Gasteiger partial charge is 0.338 e. The molecule has 0 aliphatic rings. The molecule has 0 saturated heterocycles. The first kappa shape index (κ1) is 32.3. The van der Waals surface area contributed by atoms with Crippen LogP contribution in [-0.4, -0.2) is 0 Å². The van der Waals surface area contributed by atoms with E-state index >= 15 is 0 Å². The highest BCUT2D eigenvalue weighted by atomic mass is 31.1. The Bertz CT molecular complexity index is 1540. The maximum atomic E-state index is 7.08. The number of nitrogens with one attached hydrogen (secondary N) is 1. The zero-order valence-corrected chi connectivity index (χ0v) is 29.6. The third-order valence-corrected chi connectivity index (χ3v) is 9.30. The SMILES string of the molecule is Cc1cc(C(C)(C)CC(C)(C)C)c2op(Nc3c(C)cccc3C)oc3c(C(C)(C)CC(C)(C)C)cc(C)cc3c2c1. The first-order chi connectivity index (χ1) is 19.2. The second-order valence-electron chi connectivity index (χ2n) is 16.4. The van der Waals surface area contributed by atoms with E-state index in [1.54, 1.807) is 0 Å². The van der Waals surface area contributed by atoms with Crippen molar-refractivity contribution in [3.8, 4) is 0 Å². The summed E-state index contributed by atoms with van der Waals surface area (Å²) in [6, 6.07) is 15.7. The molecule has 42 heavy (non-hydrogen) atoms. The molecule has 0 bridgehead atoms. The number of benzene rings is 3. The third kappa shape index (κ3) is 7.11. The van der Waals surface area contributed by atoms with Crippen molar-refractivity contribution in [2.45, 2.75) is 121 Å². The molecule has 1 heterocycles. The summed E-state index contributed by atoms with van der Waals surface area (Å²) < 4.78 is 14.2. The van der Waals surface area contributed by atoms with Gasteiger partial charge in [0.2, 0.25) is 0 Å². The molecular weight excluding hydrogens is 533 g/mol. The molecule has 228 valence electrons. The van der Waals surface area contributed by atoms with E-state index in [1.165, 1.54) is 33.4 Å². The fourth-order valence-electron chi connectivity index (χ4n) is 7.30. The topological polar surface area (TPSA) is 38.3 Å². The molecule has 0 saturated carbocycles. The van der Waals surface area contributed by atoms with Crippen molar-refractivity contribution in [3.63, 3.8) is 0 Å². The van der Waals surface area contributed by atoms with E-state index in [0.29, 0.717) is 0 Å². The minimum Gasteiger partial charge on any atom is -0.404 e. The van der Waals surface area contributed by atoms with Crippen LogP contribution in [0, 0.1) is 38.5 Å². The molecule has 0 aliphatic heterocycles. The summed E-state index contributed by atoms with van der Waals surface area (Å²) in [5.74, 6) is 0. The first-order valence-corrected chi connectivity index (χ1v) is 16.6. The number of para-hydroxylation sites is 1. The van der Waals surface area contributed by atoms with Crippen molar-refractivity contribution >= 4 is 35.8 Å². The van der Waals surface area contributed by atoms with Gasteiger partial charge in [0, 0.05) is 21.9 Å². The van der Waals surface area contributed by atoms with Gasteiger partial charge in [0.1, 0.15) is 11.2 Å². The summed E-state index contributed by atoms with van der Waals surface area (Å²) in [7, 11) is -1.54. The summed E-state index contributed by atoms with van der Waals surface area (Å²) in [6.45, 7) is 32.1. The summed E-state index contributed by atoms with van der Waals surface area (Å²) in [6.07, 6.45) is 2.07. The first-order valence-electron chi connectivity index (χ1n) is 15.5. The Balaban J connectivity index is 2.20. The van der Waals surface area contributed by atoms with Gasteiger partial charge in [0.05, 0.1) is 5.69 Å². The van der Waals surface area contributed by atoms with Crippen LogP contribution in [0.5, 0.6) is 0 Å². The molecule has 4 heteroatoms. The van der Waals surface area contributed by atoms with Gasteiger partial charge in [-0.15, -0.1) is 0 Å². The average molecular weight is 588 g/mol. The maximum absolute atomic E-state index is 7.08. The lowest BCUT2D eigenvalue weighted by Gasteiger charge is -2.33. The Morgan fingerprint density at radius 3 is 1.33 bits per heavy atom. The number of hydrogen-bond donors (Lipinski definition) is 1. The molecule has 0 atom stereocenters. The fourth-order valence-corrected chi connectivity index (χ4v) is 8.69. The highest BCUT2D eigenvalue weighted by molar-refractivity contribution is 7.39. The van der Waals surface area contributed by atoms with Crippen molar-refractivity contribution in [2.75, 3.05) is 5.09 Å². The average Bonchev–Trinajstić information content (AvgIpc) is 2.94. The second-order valence-corrected chi connectivity index (χ2v) is 17.5. The lowest BCUT2D eigenvalue weighted by molar-refractivity contribution is 0.284. The lowest BCUT2D eigenvalue weighted by atomic mass is 9.71. The predicted octanol–water partition coefficient (Wildman–Crippen LogP) is 12.8. The van der Waals surface area contributed by atoms with Crippen molar-refractivity contribution in [2.24, 2.45) is 10.8 Å². The van der Waals surface area contributed by atoms with E-state index in [4.69, 9.17) is 8.39 Å². The Morgan fingerprint density at radius 1 is 0.595 bits per heavy atom. The van der Waals surface area contributed by atoms with Crippen LogP contribution in [-0.2, 0) is 10.8 Å². The van der Waals surface area contributed by atoms with Crippen molar-refractivity contribution in [1.29, 1.82) is 0 Å². The van der Waals surface area contributed by atoms with Gasteiger partial charge in [-0.05, 0) is 96.6 Å². The van der Waals surface area contributed by atoms with Crippen LogP contribution in [0.3, 0.4) is 0 Å². The van der Waals surface area contributed by atoms with Crippen LogP contribution in [0.4, 0.5) is 5.69 Å². The monoisotopic (exact) mass is 587 g/mol. The lowest BCUT2D eigenvalue weighted by Crippen LogP contribution is -2.25. The molecule has 0 unspecified atom stereocenters. The van der Waals surface area contributed by atoms with E-state index in [9.17, 15) is 0 Å². The summed E-state index contributed by atoms with van der Waals surface area (Å²) >= 11 is 0. The molecule has 3 nitrogen and oxygen atoms in total. The van der Waals surface area contributed by atoms with Crippen LogP contribution in [0.25, 0.3) is 21.9 Å². The zero-order valence-electron chi connectivity index (χ0n) is 28.7. The second kappa shape index (κ2) is 11.1. The minimum atomic E-state index is -1.54. The molecule has 3 aromatic carbocycles. The Morgan fingerprint density at radius 2 is 0.976 bits per heavy atom. The molecule has 1 aromatic heterocycles. The quantitative estimate of drug-likeness (QED) is 0.244. The van der Waals surface area contributed by atoms with E-state index in [2.05, 4.69) is 144 Å². The van der Waals surface area contributed by atoms with Gasteiger partial charge in [-0.2, -0.15) is 0 Å². The van der Waals surface area contributed by atoms with Gasteiger partial charge in [-0.25, -0.2) is 0 Å². The minimum absolute atomic E-state index is 0.101. The third-order valence-electron chi connectivity index (χ3n) is 8.19. The maximum Gasteiger partial charge on any atom is 0.338 e. The van der Waals surface area contributed by atoms with Gasteiger partial charge in [-0.1, -0.05) is 99.6 Å². The van der Waals surface area contributed by atoms with Crippen molar-refractivity contribution < 1.29 is 8.39 Å². The zero-order chi connectivity index (χ0) is 31.4. The summed E-state index contributed by atoms with van der Waals surface area (Å²) in [5, 5.41) is 6.01. The van der Waals surface area contributed by atoms with Gasteiger partial charge >= 0.3 is 8.16 Å². The summed E-state index contributed by atoms with van der Waals surface area (Å²) in [4.78, 5) is 0. The van der Waals surface area contributed by atoms with Crippen molar-refractivity contribution in [3.05, 3.63) is 75.8 Å². The molecule has 0 aliphatic carbocycles. The number of hydrogen-bond acceptors (Lipinski definition) is 3. The highest BCUT2D eigenvalue weighted by Crippen LogP contribution is 2.47. The Labute approximate surface area is 256 Å². The molecule has 0 spiro atoms. The van der Waals surface area contributed by atoms with Crippen LogP contribution < -0.4 is 5.09 Å². The normalized spacial score (nSPS) is 13.2. The molecule has 0 amide bonds. The molecule has 0 fully saturated rings. The summed E-state index contributed by atoms with van der Waals surface area (Å²) in [5.41, 5.74) is 10.5. The molecule has 4 rings (SSSR count). The number of rotatable bonds is 6. The largest absolute Gasteiger partial charge is 0.404 e. The number of fused-ring (bicyclic) bond motifs is 3. The highest BCUT2D eigenvalue weighted by Gasteiger charge is 2.33. The van der Waals surface area contributed by atoms with E-state index in [0.717, 1.165) is 40.5 Å². The van der Waals surface area contributed by atoms with Crippen LogP contribution in [0.1, 0.15) is 115 Å². The van der Waals surface area contributed by atoms with Crippen LogP contribution >= 0.6 is 8.16 Å². The van der Waals surface area contributed by atoms with Crippen LogP contribution in [0.15, 0.2) is 50.9 Å². The molecule has 0 radical (unpaired) electrons. The Hall–Kier alpha value is -2.64. The van der Waals surface area contributed by atoms with Gasteiger partial charge in [0.15, 0.2) is 0 Å². The van der Waals surface area contributed by atoms with E-state index < -0.39 is 8.16 Å².